The molecule has 2 N–H and O–H groups in total. The molecule has 0 radical (unpaired) electrons. The first kappa shape index (κ1) is 21.2. The van der Waals surface area contributed by atoms with Crippen LogP contribution in [0.2, 0.25) is 0 Å². The number of esters is 1. The van der Waals surface area contributed by atoms with E-state index in [1.807, 2.05) is 31.2 Å². The van der Waals surface area contributed by atoms with Crippen LogP contribution >= 0.6 is 0 Å². The number of carbonyl (C=O) groups is 3. The van der Waals surface area contributed by atoms with Gasteiger partial charge in [0.2, 0.25) is 5.91 Å². The fourth-order valence-corrected chi connectivity index (χ4v) is 2.68. The Kier molecular flexibility index (Phi) is 7.75. The van der Waals surface area contributed by atoms with Crippen LogP contribution in [-0.2, 0) is 32.0 Å². The highest BCUT2D eigenvalue weighted by molar-refractivity contribution is 5.88. The van der Waals surface area contributed by atoms with Gasteiger partial charge < -0.3 is 15.4 Å². The van der Waals surface area contributed by atoms with E-state index in [0.29, 0.717) is 5.69 Å². The lowest BCUT2D eigenvalue weighted by molar-refractivity contribution is -0.148. The third-order valence-electron chi connectivity index (χ3n) is 4.25. The minimum atomic E-state index is -0.484. The van der Waals surface area contributed by atoms with Gasteiger partial charge in [0.25, 0.3) is 5.91 Å². The highest BCUT2D eigenvalue weighted by atomic mass is 16.5. The van der Waals surface area contributed by atoms with E-state index in [1.165, 1.54) is 12.5 Å². The number of anilines is 1. The molecule has 1 atom stereocenters. The molecule has 2 amide bonds. The van der Waals surface area contributed by atoms with Crippen molar-refractivity contribution in [2.24, 2.45) is 0 Å². The van der Waals surface area contributed by atoms with E-state index in [4.69, 9.17) is 4.74 Å². The molecule has 0 aliphatic carbocycles. The van der Waals surface area contributed by atoms with Gasteiger partial charge >= 0.3 is 5.97 Å². The summed E-state index contributed by atoms with van der Waals surface area (Å²) >= 11 is 0. The summed E-state index contributed by atoms with van der Waals surface area (Å²) in [6.45, 7) is 5.08. The molecular formula is C22H26N2O4. The van der Waals surface area contributed by atoms with Crippen LogP contribution in [0.1, 0.15) is 43.5 Å². The molecule has 0 saturated heterocycles. The maximum absolute atomic E-state index is 12.0. The minimum absolute atomic E-state index is 0.0572. The van der Waals surface area contributed by atoms with Crippen molar-refractivity contribution in [2.45, 2.75) is 39.7 Å². The molecular weight excluding hydrogens is 356 g/mol. The van der Waals surface area contributed by atoms with Crippen LogP contribution in [0.4, 0.5) is 5.69 Å². The van der Waals surface area contributed by atoms with Crippen LogP contribution in [0.3, 0.4) is 0 Å². The largest absolute Gasteiger partial charge is 0.455 e. The highest BCUT2D eigenvalue weighted by Crippen LogP contribution is 2.14. The summed E-state index contributed by atoms with van der Waals surface area (Å²) in [5.74, 6) is -0.988. The molecule has 0 saturated carbocycles. The van der Waals surface area contributed by atoms with Gasteiger partial charge in [0.1, 0.15) is 0 Å². The first-order chi connectivity index (χ1) is 13.4. The van der Waals surface area contributed by atoms with E-state index in [9.17, 15) is 14.4 Å². The Morgan fingerprint density at radius 3 is 2.14 bits per heavy atom. The lowest BCUT2D eigenvalue weighted by atomic mass is 10.1. The summed E-state index contributed by atoms with van der Waals surface area (Å²) in [6, 6.07) is 14.8. The van der Waals surface area contributed by atoms with Crippen molar-refractivity contribution >= 4 is 23.5 Å². The fraction of sp³-hybridized carbons (Fsp3) is 0.318. The van der Waals surface area contributed by atoms with Gasteiger partial charge in [-0.25, -0.2) is 0 Å². The molecule has 6 heteroatoms. The molecule has 0 heterocycles. The summed E-state index contributed by atoms with van der Waals surface area (Å²) in [5.41, 5.74) is 3.63. The Bertz CT molecular complexity index is 813. The van der Waals surface area contributed by atoms with Crippen molar-refractivity contribution in [1.29, 1.82) is 0 Å². The number of amides is 2. The molecule has 0 unspecified atom stereocenters. The Morgan fingerprint density at radius 1 is 0.964 bits per heavy atom. The van der Waals surface area contributed by atoms with Crippen LogP contribution in [0.25, 0.3) is 0 Å². The average molecular weight is 382 g/mol. The predicted octanol–water partition coefficient (Wildman–Crippen LogP) is 3.17. The quantitative estimate of drug-likeness (QED) is 0.687. The second-order valence-electron chi connectivity index (χ2n) is 6.60. The Labute approximate surface area is 165 Å². The van der Waals surface area contributed by atoms with Crippen LogP contribution < -0.4 is 10.6 Å². The van der Waals surface area contributed by atoms with Gasteiger partial charge in [-0.15, -0.1) is 0 Å². The van der Waals surface area contributed by atoms with E-state index >= 15 is 0 Å². The number of carbonyl (C=O) groups excluding carboxylic acids is 3. The zero-order chi connectivity index (χ0) is 20.5. The molecule has 0 spiro atoms. The highest BCUT2D eigenvalue weighted by Gasteiger charge is 2.12. The molecule has 148 valence electrons. The molecule has 0 aliphatic heterocycles. The van der Waals surface area contributed by atoms with E-state index in [0.717, 1.165) is 17.5 Å². The zero-order valence-corrected chi connectivity index (χ0v) is 16.5. The second-order valence-corrected chi connectivity index (χ2v) is 6.60. The summed E-state index contributed by atoms with van der Waals surface area (Å²) < 4.78 is 5.06. The zero-order valence-electron chi connectivity index (χ0n) is 16.5. The Hall–Kier alpha value is -3.15. The molecule has 2 aromatic carbocycles. The fourth-order valence-electron chi connectivity index (χ4n) is 2.68. The molecule has 2 aromatic rings. The molecule has 0 aliphatic rings. The molecule has 2 rings (SSSR count). The SMILES string of the molecule is CCc1ccc([C@H](C)NC(=O)COC(=O)Cc2ccc(NC(C)=O)cc2)cc1. The van der Waals surface area contributed by atoms with Crippen LogP contribution in [0, 0.1) is 0 Å². The Morgan fingerprint density at radius 2 is 1.57 bits per heavy atom. The van der Waals surface area contributed by atoms with Crippen molar-refractivity contribution in [3.05, 3.63) is 65.2 Å². The first-order valence-electron chi connectivity index (χ1n) is 9.27. The summed E-state index contributed by atoms with van der Waals surface area (Å²) in [7, 11) is 0. The second kappa shape index (κ2) is 10.3. The minimum Gasteiger partial charge on any atom is -0.455 e. The summed E-state index contributed by atoms with van der Waals surface area (Å²) in [6.07, 6.45) is 1.02. The van der Waals surface area contributed by atoms with Gasteiger partial charge in [0.15, 0.2) is 6.61 Å². The lowest BCUT2D eigenvalue weighted by Crippen LogP contribution is -2.31. The number of benzene rings is 2. The van der Waals surface area contributed by atoms with Gasteiger partial charge in [-0.3, -0.25) is 14.4 Å². The number of nitrogens with one attached hydrogen (secondary N) is 2. The third-order valence-corrected chi connectivity index (χ3v) is 4.25. The number of ether oxygens (including phenoxy) is 1. The predicted molar refractivity (Wildman–Crippen MR) is 108 cm³/mol. The third kappa shape index (κ3) is 6.87. The lowest BCUT2D eigenvalue weighted by Gasteiger charge is -2.15. The maximum atomic E-state index is 12.0. The van der Waals surface area contributed by atoms with E-state index < -0.39 is 5.97 Å². The standard InChI is InChI=1S/C22H26N2O4/c1-4-17-5-9-19(10-6-17)15(2)23-21(26)14-28-22(27)13-18-7-11-20(12-8-18)24-16(3)25/h5-12,15H,4,13-14H2,1-3H3,(H,23,26)(H,24,25)/t15-/m0/s1. The topological polar surface area (TPSA) is 84.5 Å². The number of rotatable bonds is 8. The van der Waals surface area contributed by atoms with Gasteiger partial charge in [0, 0.05) is 12.6 Å². The monoisotopic (exact) mass is 382 g/mol. The van der Waals surface area contributed by atoms with Crippen LogP contribution in [-0.4, -0.2) is 24.4 Å². The summed E-state index contributed by atoms with van der Waals surface area (Å²) in [5, 5.41) is 5.48. The van der Waals surface area contributed by atoms with Crippen LogP contribution in [0.15, 0.2) is 48.5 Å². The first-order valence-corrected chi connectivity index (χ1v) is 9.27. The maximum Gasteiger partial charge on any atom is 0.310 e. The molecule has 0 aromatic heterocycles. The van der Waals surface area contributed by atoms with Gasteiger partial charge in [0.05, 0.1) is 12.5 Å². The van der Waals surface area contributed by atoms with E-state index in [-0.39, 0.29) is 30.9 Å². The molecule has 6 nitrogen and oxygen atoms in total. The van der Waals surface area contributed by atoms with Crippen molar-refractivity contribution < 1.29 is 19.1 Å². The van der Waals surface area contributed by atoms with Crippen LogP contribution in [0.5, 0.6) is 0 Å². The smallest absolute Gasteiger partial charge is 0.310 e. The van der Waals surface area contributed by atoms with Crippen molar-refractivity contribution in [3.8, 4) is 0 Å². The van der Waals surface area contributed by atoms with Gasteiger partial charge in [-0.1, -0.05) is 43.3 Å². The van der Waals surface area contributed by atoms with Crippen molar-refractivity contribution in [2.75, 3.05) is 11.9 Å². The van der Waals surface area contributed by atoms with Gasteiger partial charge in [-0.2, -0.15) is 0 Å². The number of hydrogen-bond acceptors (Lipinski definition) is 4. The number of hydrogen-bond donors (Lipinski definition) is 2. The van der Waals surface area contributed by atoms with Crippen molar-refractivity contribution in [3.63, 3.8) is 0 Å². The number of aryl methyl sites for hydroxylation is 1. The molecule has 0 fully saturated rings. The summed E-state index contributed by atoms with van der Waals surface area (Å²) in [4.78, 5) is 35.0. The van der Waals surface area contributed by atoms with Gasteiger partial charge in [-0.05, 0) is 42.2 Å². The molecule has 0 bridgehead atoms. The molecule has 28 heavy (non-hydrogen) atoms. The Balaban J connectivity index is 1.76. The average Bonchev–Trinajstić information content (AvgIpc) is 2.67. The van der Waals surface area contributed by atoms with E-state index in [1.54, 1.807) is 24.3 Å². The van der Waals surface area contributed by atoms with Crippen molar-refractivity contribution in [1.82, 2.24) is 5.32 Å². The normalized spacial score (nSPS) is 11.4. The van der Waals surface area contributed by atoms with E-state index in [2.05, 4.69) is 17.6 Å².